The van der Waals surface area contributed by atoms with Crippen molar-refractivity contribution in [2.45, 2.75) is 25.0 Å². The van der Waals surface area contributed by atoms with Gasteiger partial charge in [-0.2, -0.15) is 0 Å². The van der Waals surface area contributed by atoms with E-state index in [0.29, 0.717) is 6.17 Å². The molecular weight excluding hydrogens is 100 g/mol. The van der Waals surface area contributed by atoms with Gasteiger partial charge in [0, 0.05) is 12.6 Å². The summed E-state index contributed by atoms with van der Waals surface area (Å²) in [5, 5.41) is 6.78. The zero-order valence-corrected chi connectivity index (χ0v) is 4.85. The average Bonchev–Trinajstić information content (AvgIpc) is 2.12. The van der Waals surface area contributed by atoms with Crippen LogP contribution in [0.5, 0.6) is 0 Å². The molecule has 45 valence electrons. The van der Waals surface area contributed by atoms with Crippen molar-refractivity contribution in [3.05, 3.63) is 6.42 Å². The molecule has 1 radical (unpaired) electrons. The Kier molecular flexibility index (Phi) is 1.02. The van der Waals surface area contributed by atoms with Gasteiger partial charge in [-0.1, -0.05) is 0 Å². The van der Waals surface area contributed by atoms with Crippen LogP contribution in [0.2, 0.25) is 0 Å². The van der Waals surface area contributed by atoms with Crippen LogP contribution in [-0.4, -0.2) is 18.8 Å². The zero-order chi connectivity index (χ0) is 5.40. The van der Waals surface area contributed by atoms with Gasteiger partial charge >= 0.3 is 0 Å². The van der Waals surface area contributed by atoms with Gasteiger partial charge in [0.05, 0.1) is 6.17 Å². The topological polar surface area (TPSA) is 24.1 Å². The highest BCUT2D eigenvalue weighted by atomic mass is 15.2. The standard InChI is InChI=1S/C6H11N2/c1-2-5-4-7-6(3-1)8-5/h3,5-8H,1-2,4H2. The van der Waals surface area contributed by atoms with Crippen molar-refractivity contribution in [1.29, 1.82) is 0 Å². The predicted octanol–water partition coefficient (Wildman–Crippen LogP) is -0.128. The highest BCUT2D eigenvalue weighted by Gasteiger charge is 2.26. The van der Waals surface area contributed by atoms with Crippen molar-refractivity contribution in [2.75, 3.05) is 6.54 Å². The van der Waals surface area contributed by atoms with Gasteiger partial charge in [-0.3, -0.25) is 5.32 Å². The zero-order valence-electron chi connectivity index (χ0n) is 4.85. The summed E-state index contributed by atoms with van der Waals surface area (Å²) in [6.07, 6.45) is 5.45. The van der Waals surface area contributed by atoms with Gasteiger partial charge in [0.2, 0.25) is 0 Å². The van der Waals surface area contributed by atoms with Crippen LogP contribution in [0.25, 0.3) is 0 Å². The first-order valence-corrected chi connectivity index (χ1v) is 3.28. The lowest BCUT2D eigenvalue weighted by Crippen LogP contribution is -2.37. The summed E-state index contributed by atoms with van der Waals surface area (Å²) in [5.74, 6) is 0. The molecule has 0 aliphatic carbocycles. The Morgan fingerprint density at radius 3 is 3.25 bits per heavy atom. The molecule has 2 aliphatic rings. The van der Waals surface area contributed by atoms with Crippen molar-refractivity contribution in [2.24, 2.45) is 0 Å². The fourth-order valence-corrected chi connectivity index (χ4v) is 1.44. The van der Waals surface area contributed by atoms with Gasteiger partial charge in [0.1, 0.15) is 0 Å². The van der Waals surface area contributed by atoms with Crippen molar-refractivity contribution < 1.29 is 0 Å². The molecule has 0 saturated carbocycles. The Hall–Kier alpha value is -0.0800. The SMILES string of the molecule is [CH]1CCC2CNC1N2. The van der Waals surface area contributed by atoms with Gasteiger partial charge in [-0.15, -0.1) is 0 Å². The van der Waals surface area contributed by atoms with Crippen molar-refractivity contribution >= 4 is 0 Å². The minimum absolute atomic E-state index is 0.536. The summed E-state index contributed by atoms with van der Waals surface area (Å²) in [4.78, 5) is 0. The Morgan fingerprint density at radius 1 is 1.50 bits per heavy atom. The Morgan fingerprint density at radius 2 is 2.50 bits per heavy atom. The second-order valence-electron chi connectivity index (χ2n) is 2.56. The summed E-state index contributed by atoms with van der Waals surface area (Å²) in [6, 6.07) is 0.769. The molecule has 0 amide bonds. The van der Waals surface area contributed by atoms with E-state index in [1.54, 1.807) is 0 Å². The molecule has 2 saturated heterocycles. The van der Waals surface area contributed by atoms with E-state index in [0.717, 1.165) is 6.04 Å². The van der Waals surface area contributed by atoms with Crippen LogP contribution in [-0.2, 0) is 0 Å². The third-order valence-electron chi connectivity index (χ3n) is 1.92. The molecule has 8 heavy (non-hydrogen) atoms. The maximum absolute atomic E-state index is 3.42. The van der Waals surface area contributed by atoms with E-state index in [2.05, 4.69) is 17.1 Å². The lowest BCUT2D eigenvalue weighted by molar-refractivity contribution is 0.474. The third kappa shape index (κ3) is 0.644. The van der Waals surface area contributed by atoms with Crippen molar-refractivity contribution in [1.82, 2.24) is 10.6 Å². The van der Waals surface area contributed by atoms with Gasteiger partial charge in [0.25, 0.3) is 0 Å². The minimum Gasteiger partial charge on any atom is -0.300 e. The molecular formula is C6H11N2. The molecule has 2 heterocycles. The fourth-order valence-electron chi connectivity index (χ4n) is 1.44. The lowest BCUT2D eigenvalue weighted by Gasteiger charge is -2.18. The molecule has 2 nitrogen and oxygen atoms in total. The number of hydrogen-bond acceptors (Lipinski definition) is 2. The fraction of sp³-hybridized carbons (Fsp3) is 0.833. The molecule has 0 aromatic carbocycles. The summed E-state index contributed by atoms with van der Waals surface area (Å²) < 4.78 is 0. The highest BCUT2D eigenvalue weighted by Crippen LogP contribution is 2.13. The van der Waals surface area contributed by atoms with Crippen LogP contribution in [0.1, 0.15) is 12.8 Å². The molecule has 2 heteroatoms. The van der Waals surface area contributed by atoms with Gasteiger partial charge in [-0.05, 0) is 19.3 Å². The molecule has 2 rings (SSSR count). The smallest absolute Gasteiger partial charge is 0.0607 e. The van der Waals surface area contributed by atoms with E-state index in [4.69, 9.17) is 0 Å². The average molecular weight is 111 g/mol. The van der Waals surface area contributed by atoms with Crippen LogP contribution in [0.4, 0.5) is 0 Å². The van der Waals surface area contributed by atoms with Gasteiger partial charge in [0.15, 0.2) is 0 Å². The summed E-state index contributed by atoms with van der Waals surface area (Å²) in [5.41, 5.74) is 0. The molecule has 0 spiro atoms. The molecule has 2 aliphatic heterocycles. The monoisotopic (exact) mass is 111 g/mol. The van der Waals surface area contributed by atoms with Crippen LogP contribution in [0, 0.1) is 6.42 Å². The number of rotatable bonds is 0. The lowest BCUT2D eigenvalue weighted by atomic mass is 10.1. The van der Waals surface area contributed by atoms with Gasteiger partial charge in [-0.25, -0.2) is 0 Å². The normalized spacial score (nSPS) is 45.0. The van der Waals surface area contributed by atoms with E-state index in [1.807, 2.05) is 0 Å². The first kappa shape index (κ1) is 4.77. The Bertz CT molecular complexity index is 78.5. The van der Waals surface area contributed by atoms with Crippen molar-refractivity contribution in [3.63, 3.8) is 0 Å². The maximum atomic E-state index is 3.42. The quantitative estimate of drug-likeness (QED) is 0.455. The van der Waals surface area contributed by atoms with E-state index in [9.17, 15) is 0 Å². The second kappa shape index (κ2) is 1.71. The summed E-state index contributed by atoms with van der Waals surface area (Å²) >= 11 is 0. The molecule has 0 aromatic rings. The highest BCUT2D eigenvalue weighted by molar-refractivity contribution is 4.96. The maximum Gasteiger partial charge on any atom is 0.0607 e. The largest absolute Gasteiger partial charge is 0.300 e. The molecule has 2 unspecified atom stereocenters. The van der Waals surface area contributed by atoms with E-state index < -0.39 is 0 Å². The van der Waals surface area contributed by atoms with Crippen LogP contribution in [0.3, 0.4) is 0 Å². The first-order valence-electron chi connectivity index (χ1n) is 3.28. The number of nitrogens with one attached hydrogen (secondary N) is 2. The van der Waals surface area contributed by atoms with Crippen LogP contribution >= 0.6 is 0 Å². The van der Waals surface area contributed by atoms with E-state index >= 15 is 0 Å². The van der Waals surface area contributed by atoms with E-state index in [1.165, 1.54) is 19.4 Å². The Balaban J connectivity index is 2.03. The van der Waals surface area contributed by atoms with E-state index in [-0.39, 0.29) is 0 Å². The molecule has 2 bridgehead atoms. The number of piperidine rings is 1. The predicted molar refractivity (Wildman–Crippen MR) is 32.2 cm³/mol. The first-order chi connectivity index (χ1) is 3.95. The molecule has 0 aromatic heterocycles. The third-order valence-corrected chi connectivity index (χ3v) is 1.92. The van der Waals surface area contributed by atoms with Crippen LogP contribution in [0.15, 0.2) is 0 Å². The molecule has 2 N–H and O–H groups in total. The number of fused-ring (bicyclic) bond motifs is 2. The minimum atomic E-state index is 0.536. The summed E-state index contributed by atoms with van der Waals surface area (Å²) in [6.45, 7) is 1.17. The van der Waals surface area contributed by atoms with Crippen LogP contribution < -0.4 is 10.6 Å². The summed E-state index contributed by atoms with van der Waals surface area (Å²) in [7, 11) is 0. The molecule has 2 fully saturated rings. The number of hydrogen-bond donors (Lipinski definition) is 2. The van der Waals surface area contributed by atoms with Gasteiger partial charge < -0.3 is 5.32 Å². The van der Waals surface area contributed by atoms with Crippen molar-refractivity contribution in [3.8, 4) is 0 Å². The second-order valence-corrected chi connectivity index (χ2v) is 2.56. The Labute approximate surface area is 49.7 Å². The molecule has 2 atom stereocenters.